The molecule has 0 saturated heterocycles. The third kappa shape index (κ3) is 25.0. The molecule has 0 aromatic heterocycles. The van der Waals surface area contributed by atoms with Crippen LogP contribution in [0.15, 0.2) is 0 Å². The van der Waals surface area contributed by atoms with E-state index in [2.05, 4.69) is 13.8 Å². The van der Waals surface area contributed by atoms with Gasteiger partial charge in [-0.3, -0.25) is 0 Å². The molecule has 0 bridgehead atoms. The van der Waals surface area contributed by atoms with Crippen molar-refractivity contribution in [2.45, 2.75) is 129 Å². The van der Waals surface area contributed by atoms with Crippen LogP contribution >= 0.6 is 8.58 Å². The van der Waals surface area contributed by atoms with Crippen molar-refractivity contribution in [3.8, 4) is 0 Å². The molecule has 148 valence electrons. The van der Waals surface area contributed by atoms with E-state index >= 15 is 0 Å². The Morgan fingerprint density at radius 1 is 0.375 bits per heavy atom. The average Bonchev–Trinajstić information content (AvgIpc) is 2.57. The van der Waals surface area contributed by atoms with Gasteiger partial charge in [-0.05, 0) is 27.8 Å². The first-order chi connectivity index (χ1) is 11.4. The molecule has 0 aliphatic heterocycles. The van der Waals surface area contributed by atoms with Crippen molar-refractivity contribution < 1.29 is 12.4 Å². The Hall–Kier alpha value is 0.720. The van der Waals surface area contributed by atoms with Crippen molar-refractivity contribution in [1.82, 2.24) is 0 Å². The fourth-order valence-corrected chi connectivity index (χ4v) is 4.89. The zero-order valence-electron chi connectivity index (χ0n) is 17.1. The standard InChI is InChI=1S/C22H47P.ClH/c1-3-5-7-8-9-10-11-12-13-14-15-16-17-18-19-20-22-23-21-6-4-2;/h23H,3-22H2,1-2H3;1H. The van der Waals surface area contributed by atoms with Gasteiger partial charge in [-0.15, -0.1) is 0 Å². The van der Waals surface area contributed by atoms with E-state index in [1.807, 2.05) is 0 Å². The first-order valence-corrected chi connectivity index (χ1v) is 12.9. The highest BCUT2D eigenvalue weighted by molar-refractivity contribution is 7.37. The fraction of sp³-hybridized carbons (Fsp3) is 1.00. The van der Waals surface area contributed by atoms with Crippen LogP contribution in [0.25, 0.3) is 0 Å². The molecule has 0 saturated carbocycles. The molecular formula is C22H48ClP. The van der Waals surface area contributed by atoms with Crippen molar-refractivity contribution in [3.63, 3.8) is 0 Å². The second-order valence-electron chi connectivity index (χ2n) is 7.52. The van der Waals surface area contributed by atoms with Crippen molar-refractivity contribution in [2.75, 3.05) is 12.3 Å². The van der Waals surface area contributed by atoms with E-state index in [1.165, 1.54) is 116 Å². The molecule has 0 fully saturated rings. The summed E-state index contributed by atoms with van der Waals surface area (Å²) in [6, 6.07) is 0. The lowest BCUT2D eigenvalue weighted by molar-refractivity contribution is -0.00000513. The van der Waals surface area contributed by atoms with Gasteiger partial charge in [-0.25, -0.2) is 0 Å². The van der Waals surface area contributed by atoms with E-state index in [-0.39, 0.29) is 12.4 Å². The van der Waals surface area contributed by atoms with Crippen LogP contribution in [0.1, 0.15) is 129 Å². The van der Waals surface area contributed by atoms with Crippen molar-refractivity contribution >= 4 is 8.58 Å². The van der Waals surface area contributed by atoms with Crippen LogP contribution in [0.3, 0.4) is 0 Å². The Labute approximate surface area is 162 Å². The monoisotopic (exact) mass is 378 g/mol. The molecule has 0 aromatic carbocycles. The summed E-state index contributed by atoms with van der Waals surface area (Å²) in [6.45, 7) is 4.61. The van der Waals surface area contributed by atoms with E-state index < -0.39 is 0 Å². The van der Waals surface area contributed by atoms with Crippen LogP contribution in [0.5, 0.6) is 0 Å². The van der Waals surface area contributed by atoms with Crippen LogP contribution in [0, 0.1) is 0 Å². The number of hydrogen-bond acceptors (Lipinski definition) is 0. The molecule has 0 heterocycles. The minimum atomic E-state index is 0. The topological polar surface area (TPSA) is 0 Å². The third-order valence-corrected chi connectivity index (χ3v) is 6.66. The lowest BCUT2D eigenvalue weighted by atomic mass is 10.0. The summed E-state index contributed by atoms with van der Waals surface area (Å²) in [5.74, 6) is 0. The highest BCUT2D eigenvalue weighted by Crippen LogP contribution is 2.17. The maximum atomic E-state index is 2.31. The van der Waals surface area contributed by atoms with Gasteiger partial charge in [-0.2, -0.15) is 0 Å². The normalized spacial score (nSPS) is 11.2. The smallest absolute Gasteiger partial charge is 0.0549 e. The van der Waals surface area contributed by atoms with Crippen LogP contribution in [-0.2, 0) is 0 Å². The molecule has 2 heteroatoms. The molecule has 24 heavy (non-hydrogen) atoms. The first kappa shape index (κ1) is 26.9. The molecule has 0 N–H and O–H groups in total. The molecule has 1 unspecified atom stereocenters. The number of unbranched alkanes of at least 4 members (excludes halogenated alkanes) is 16. The number of rotatable bonds is 20. The minimum absolute atomic E-state index is 0. The Bertz CT molecular complexity index is 176. The Morgan fingerprint density at radius 3 is 1.04 bits per heavy atom. The van der Waals surface area contributed by atoms with Crippen LogP contribution in [0.2, 0.25) is 0 Å². The molecule has 1 atom stereocenters. The predicted octanol–water partition coefficient (Wildman–Crippen LogP) is 5.46. The van der Waals surface area contributed by atoms with Gasteiger partial charge >= 0.3 is 0 Å². The van der Waals surface area contributed by atoms with E-state index in [1.54, 1.807) is 12.3 Å². The van der Waals surface area contributed by atoms with Gasteiger partial charge in [0.2, 0.25) is 0 Å². The van der Waals surface area contributed by atoms with Crippen molar-refractivity contribution in [1.29, 1.82) is 0 Å². The quantitative estimate of drug-likeness (QED) is 0.195. The molecule has 0 aliphatic carbocycles. The lowest BCUT2D eigenvalue weighted by Crippen LogP contribution is -3.00. The molecular weight excluding hydrogens is 331 g/mol. The van der Waals surface area contributed by atoms with Gasteiger partial charge in [0.05, 0.1) is 12.3 Å². The Kier molecular flexibility index (Phi) is 29.1. The molecule has 0 nitrogen and oxygen atoms in total. The molecule has 0 spiro atoms. The number of hydrogen-bond donors (Lipinski definition) is 0. The van der Waals surface area contributed by atoms with Crippen molar-refractivity contribution in [3.05, 3.63) is 0 Å². The molecule has 0 radical (unpaired) electrons. The second kappa shape index (κ2) is 26.0. The van der Waals surface area contributed by atoms with Gasteiger partial charge in [0.15, 0.2) is 0 Å². The van der Waals surface area contributed by atoms with Crippen LogP contribution in [0.4, 0.5) is 0 Å². The number of halogens is 1. The predicted molar refractivity (Wildman–Crippen MR) is 114 cm³/mol. The van der Waals surface area contributed by atoms with E-state index in [4.69, 9.17) is 0 Å². The first-order valence-electron chi connectivity index (χ1n) is 11.2. The SMILES string of the molecule is CCCCCCCCCCCCCCCCCC[PH2+]CCCC.[Cl-]. The Balaban J connectivity index is 0. The minimum Gasteiger partial charge on any atom is -1.00 e. The highest BCUT2D eigenvalue weighted by atomic mass is 35.5. The summed E-state index contributed by atoms with van der Waals surface area (Å²) < 4.78 is 0. The summed E-state index contributed by atoms with van der Waals surface area (Å²) in [4.78, 5) is 0. The maximum absolute atomic E-state index is 2.31. The third-order valence-electron chi connectivity index (χ3n) is 5.02. The summed E-state index contributed by atoms with van der Waals surface area (Å²) in [5.41, 5.74) is 0. The average molecular weight is 379 g/mol. The van der Waals surface area contributed by atoms with Gasteiger partial charge in [-0.1, -0.05) is 110 Å². The summed E-state index contributed by atoms with van der Waals surface area (Å²) in [6.07, 6.45) is 29.8. The van der Waals surface area contributed by atoms with E-state index in [0.29, 0.717) is 0 Å². The summed E-state index contributed by atoms with van der Waals surface area (Å²) in [7, 11) is 0.793. The van der Waals surface area contributed by atoms with Gasteiger partial charge in [0, 0.05) is 0 Å². The zero-order valence-corrected chi connectivity index (χ0v) is 19.0. The molecule has 0 rings (SSSR count). The van der Waals surface area contributed by atoms with E-state index in [0.717, 1.165) is 8.58 Å². The fourth-order valence-electron chi connectivity index (χ4n) is 3.33. The molecule has 0 amide bonds. The maximum Gasteiger partial charge on any atom is 0.0549 e. The summed E-state index contributed by atoms with van der Waals surface area (Å²) >= 11 is 0. The second-order valence-corrected chi connectivity index (χ2v) is 9.25. The van der Waals surface area contributed by atoms with Gasteiger partial charge < -0.3 is 12.4 Å². The lowest BCUT2D eigenvalue weighted by Gasteiger charge is -2.03. The molecule has 0 aliphatic rings. The summed E-state index contributed by atoms with van der Waals surface area (Å²) in [5, 5.41) is 0. The van der Waals surface area contributed by atoms with Crippen molar-refractivity contribution in [2.24, 2.45) is 0 Å². The van der Waals surface area contributed by atoms with Crippen LogP contribution in [-0.4, -0.2) is 12.3 Å². The zero-order chi connectivity index (χ0) is 16.8. The van der Waals surface area contributed by atoms with E-state index in [9.17, 15) is 0 Å². The van der Waals surface area contributed by atoms with Gasteiger partial charge in [0.1, 0.15) is 0 Å². The molecule has 0 aromatic rings. The van der Waals surface area contributed by atoms with Gasteiger partial charge in [0.25, 0.3) is 0 Å². The van der Waals surface area contributed by atoms with Crippen LogP contribution < -0.4 is 12.4 Å². The Morgan fingerprint density at radius 2 is 0.667 bits per heavy atom. The highest BCUT2D eigenvalue weighted by Gasteiger charge is 1.96. The largest absolute Gasteiger partial charge is 1.00 e.